The molecular weight excluding hydrogens is 684 g/mol. The molecule has 0 N–H and O–H groups in total. The van der Waals surface area contributed by atoms with Gasteiger partial charge < -0.3 is 0 Å². The summed E-state index contributed by atoms with van der Waals surface area (Å²) in [4.78, 5) is 0. The molecule has 0 amide bonds. The van der Waals surface area contributed by atoms with E-state index in [2.05, 4.69) is 182 Å². The summed E-state index contributed by atoms with van der Waals surface area (Å²) in [7, 11) is 8.74. The van der Waals surface area contributed by atoms with E-state index < -0.39 is 15.8 Å². The third-order valence-electron chi connectivity index (χ3n) is 6.09. The first kappa shape index (κ1) is 33.9. The quantitative estimate of drug-likeness (QED) is 0.119. The van der Waals surface area contributed by atoms with Crippen LogP contribution in [0.15, 0.2) is 182 Å². The van der Waals surface area contributed by atoms with Gasteiger partial charge in [-0.1, -0.05) is 189 Å². The van der Waals surface area contributed by atoms with Gasteiger partial charge in [-0.15, -0.1) is 0 Å². The minimum absolute atomic E-state index is 0. The molecule has 0 heterocycles. The van der Waals surface area contributed by atoms with Gasteiger partial charge in [0.1, 0.15) is 0 Å². The van der Waals surface area contributed by atoms with Crippen molar-refractivity contribution >= 4 is 66.7 Å². The Labute approximate surface area is 270 Å². The molecule has 0 radical (unpaired) electrons. The van der Waals surface area contributed by atoms with Gasteiger partial charge in [0.2, 0.25) is 0 Å². The van der Waals surface area contributed by atoms with Gasteiger partial charge in [0.25, 0.3) is 0 Å². The van der Waals surface area contributed by atoms with Crippen molar-refractivity contribution in [3.63, 3.8) is 0 Å². The smallest absolute Gasteiger partial charge is 0.0134 e. The average Bonchev–Trinajstić information content (AvgIpc) is 3.05. The van der Waals surface area contributed by atoms with Crippen molar-refractivity contribution in [1.29, 1.82) is 0 Å². The Hall–Kier alpha value is -2.58. The molecule has 0 bridgehead atoms. The Bertz CT molecular complexity index is 1200. The van der Waals surface area contributed by atoms with Crippen LogP contribution in [0.25, 0.3) is 0 Å². The van der Waals surface area contributed by atoms with Crippen LogP contribution in [0.2, 0.25) is 0 Å². The number of hydrogen-bond acceptors (Lipinski definition) is 0. The van der Waals surface area contributed by atoms with Gasteiger partial charge in [0, 0.05) is 0 Å². The minimum Gasteiger partial charge on any atom is -0.0622 e. The van der Waals surface area contributed by atoms with Crippen LogP contribution in [0.4, 0.5) is 0 Å². The van der Waals surface area contributed by atoms with Crippen molar-refractivity contribution < 1.29 is 15.9 Å². The van der Waals surface area contributed by atoms with Gasteiger partial charge in [0.05, 0.1) is 0 Å². The van der Waals surface area contributed by atoms with E-state index in [0.29, 0.717) is 0 Å². The van der Waals surface area contributed by atoms with E-state index in [-0.39, 0.29) is 23.4 Å². The van der Waals surface area contributed by atoms with Gasteiger partial charge in [0.15, 0.2) is 0 Å². The number of halogens is 2. The summed E-state index contributed by atoms with van der Waals surface area (Å²) >= 11 is -0.106. The Morgan fingerprint density at radius 1 is 0.286 bits per heavy atom. The van der Waals surface area contributed by atoms with Gasteiger partial charge >= 0.3 is 35.0 Å². The first-order valence-corrected chi connectivity index (χ1v) is 19.7. The minimum atomic E-state index is -0.446. The first-order valence-electron chi connectivity index (χ1n) is 13.0. The normalized spacial score (nSPS) is 10.1. The number of benzene rings is 6. The molecule has 0 saturated heterocycles. The molecule has 0 aliphatic heterocycles. The molecule has 6 aromatic carbocycles. The number of hydrogen-bond donors (Lipinski definition) is 0. The van der Waals surface area contributed by atoms with Crippen LogP contribution >= 0.6 is 34.9 Å². The van der Waals surface area contributed by atoms with Crippen LogP contribution in [0.3, 0.4) is 0 Å². The Kier molecular flexibility index (Phi) is 15.8. The molecule has 6 aromatic rings. The van der Waals surface area contributed by atoms with Gasteiger partial charge in [-0.3, -0.25) is 0 Å². The van der Waals surface area contributed by atoms with E-state index in [4.69, 9.17) is 19.1 Å². The predicted molar refractivity (Wildman–Crippen MR) is 189 cm³/mol. The zero-order chi connectivity index (χ0) is 28.5. The van der Waals surface area contributed by atoms with Crippen LogP contribution < -0.4 is 31.8 Å². The zero-order valence-corrected chi connectivity index (χ0v) is 27.1. The maximum Gasteiger partial charge on any atom is -0.0134 e. The molecule has 0 aliphatic carbocycles. The molecular formula is C37H34Cl2P2Pd. The third-order valence-corrected chi connectivity index (χ3v) is 11.0. The van der Waals surface area contributed by atoms with Gasteiger partial charge in [-0.25, -0.2) is 0 Å². The molecule has 0 spiro atoms. The Morgan fingerprint density at radius 3 is 0.524 bits per heavy atom. The molecule has 216 valence electrons. The average molecular weight is 718 g/mol. The third kappa shape index (κ3) is 10.3. The van der Waals surface area contributed by atoms with Crippen molar-refractivity contribution in [1.82, 2.24) is 0 Å². The van der Waals surface area contributed by atoms with E-state index in [1.807, 2.05) is 0 Å². The summed E-state index contributed by atoms with van der Waals surface area (Å²) in [6.07, 6.45) is 0. The summed E-state index contributed by atoms with van der Waals surface area (Å²) in [5.41, 5.74) is 0. The van der Waals surface area contributed by atoms with Crippen LogP contribution in [-0.2, 0) is 15.9 Å². The largest absolute Gasteiger partial charge is 0.0622 e. The topological polar surface area (TPSA) is 0 Å². The van der Waals surface area contributed by atoms with Gasteiger partial charge in [-0.05, 0) is 47.7 Å². The van der Waals surface area contributed by atoms with Crippen LogP contribution in [0, 0.1) is 0 Å². The molecule has 0 saturated carbocycles. The van der Waals surface area contributed by atoms with Crippen LogP contribution in [0.1, 0.15) is 7.43 Å². The second-order valence-corrected chi connectivity index (χ2v) is 15.5. The molecule has 0 atom stereocenters. The van der Waals surface area contributed by atoms with E-state index in [1.54, 1.807) is 0 Å². The summed E-state index contributed by atoms with van der Waals surface area (Å²) in [5.74, 6) is 0. The molecule has 0 aromatic heterocycles. The van der Waals surface area contributed by atoms with Crippen LogP contribution in [0.5, 0.6) is 0 Å². The summed E-state index contributed by atoms with van der Waals surface area (Å²) in [6.45, 7) is 0. The molecule has 5 heteroatoms. The summed E-state index contributed by atoms with van der Waals surface area (Å²) < 4.78 is 0. The van der Waals surface area contributed by atoms with Crippen molar-refractivity contribution in [2.24, 2.45) is 0 Å². The predicted octanol–water partition coefficient (Wildman–Crippen LogP) is 8.90. The summed E-state index contributed by atoms with van der Waals surface area (Å²) in [6, 6.07) is 64.7. The molecule has 0 nitrogen and oxygen atoms in total. The maximum atomic E-state index is 4.81. The maximum absolute atomic E-state index is 4.81. The molecule has 0 unspecified atom stereocenters. The van der Waals surface area contributed by atoms with Crippen molar-refractivity contribution in [2.75, 3.05) is 0 Å². The molecule has 6 rings (SSSR count). The fourth-order valence-electron chi connectivity index (χ4n) is 4.36. The van der Waals surface area contributed by atoms with E-state index in [0.717, 1.165) is 0 Å². The van der Waals surface area contributed by atoms with Crippen LogP contribution in [-0.4, -0.2) is 0 Å². The second kappa shape index (κ2) is 19.6. The second-order valence-electron chi connectivity index (χ2n) is 8.73. The van der Waals surface area contributed by atoms with Crippen molar-refractivity contribution in [3.05, 3.63) is 182 Å². The Morgan fingerprint density at radius 2 is 0.405 bits per heavy atom. The molecule has 0 fully saturated rings. The van der Waals surface area contributed by atoms with Crippen molar-refractivity contribution in [2.45, 2.75) is 7.43 Å². The monoisotopic (exact) mass is 716 g/mol. The number of rotatable bonds is 6. The van der Waals surface area contributed by atoms with E-state index >= 15 is 0 Å². The standard InChI is InChI=1S/2C18H15P.CH4.2ClH.Pd/c2*1-4-10-16(11-5-1)19(17-12-6-2-7-13-17)18-14-8-3-9-15-18;;;;/h2*1-15H;1H4;2*1H;/q;;;;;+2/p-2. The SMILES string of the molecule is C.[Cl][Pd][Cl].c1ccc(P(c2ccccc2)c2ccccc2)cc1.c1ccc(P(c2ccccc2)c2ccccc2)cc1. The Balaban J connectivity index is 0.000000207. The molecule has 0 aliphatic rings. The zero-order valence-electron chi connectivity index (χ0n) is 22.3. The van der Waals surface area contributed by atoms with Gasteiger partial charge in [-0.2, -0.15) is 0 Å². The van der Waals surface area contributed by atoms with Crippen molar-refractivity contribution in [3.8, 4) is 0 Å². The molecule has 42 heavy (non-hydrogen) atoms. The fourth-order valence-corrected chi connectivity index (χ4v) is 8.97. The first-order chi connectivity index (χ1) is 20.3. The fraction of sp³-hybridized carbons (Fsp3) is 0.0270. The van der Waals surface area contributed by atoms with E-state index in [9.17, 15) is 0 Å². The van der Waals surface area contributed by atoms with E-state index in [1.165, 1.54) is 31.8 Å². The summed E-state index contributed by atoms with van der Waals surface area (Å²) in [5, 5.41) is 8.39.